The third-order valence-corrected chi connectivity index (χ3v) is 19.7. The van der Waals surface area contributed by atoms with Crippen molar-refractivity contribution >= 4 is 0 Å². The predicted octanol–water partition coefficient (Wildman–Crippen LogP) is -1.45. The predicted molar refractivity (Wildman–Crippen MR) is 226 cm³/mol. The molecular weight excluding hydrogens is 868 g/mol. The van der Waals surface area contributed by atoms with Gasteiger partial charge in [-0.1, -0.05) is 27.7 Å². The number of rotatable bonds is 10. The molecule has 9 aliphatic rings. The van der Waals surface area contributed by atoms with Crippen molar-refractivity contribution in [2.75, 3.05) is 19.8 Å². The van der Waals surface area contributed by atoms with E-state index in [1.165, 1.54) is 0 Å². The minimum atomic E-state index is -1.80. The smallest absolute Gasteiger partial charge is 0.187 e. The van der Waals surface area contributed by atoms with Crippen molar-refractivity contribution in [1.29, 1.82) is 0 Å². The second-order valence-electron chi connectivity index (χ2n) is 23.9. The summed E-state index contributed by atoms with van der Waals surface area (Å²) in [5.41, 5.74) is -3.78. The quantitative estimate of drug-likeness (QED) is 0.112. The number of aliphatic hydroxyl groups excluding tert-OH is 11. The van der Waals surface area contributed by atoms with E-state index in [9.17, 15) is 61.3 Å². The summed E-state index contributed by atoms with van der Waals surface area (Å²) in [5.74, 6) is -0.484. The molecule has 0 radical (unpaired) electrons. The first-order chi connectivity index (χ1) is 30.7. The van der Waals surface area contributed by atoms with Gasteiger partial charge in [0.05, 0.1) is 55.4 Å². The molecule has 4 aliphatic heterocycles. The SMILES string of the molecule is CC(C)(O)[C@@H]1CC[C@](C)(C2[C@@H](O)C[C@@]3(C)[C@@H]4C[C@H](O[C@@H]5O[C@H](CO)[C@@H](O)[C@H](O)[C@H]5O)[C@H]5C(C)(C)[C@@H](O[C@@H]6OC[C@@H](O)[C@H](O)[C@H]6O[C@@H]6O[C@H](CO)[C@@H](O)[C@H](O)[C@H]6O)CC[C@@]56C[C@@]46CC[C@]23C)O1. The highest BCUT2D eigenvalue weighted by molar-refractivity contribution is 5.33. The van der Waals surface area contributed by atoms with Gasteiger partial charge in [0.25, 0.3) is 0 Å². The van der Waals surface area contributed by atoms with Gasteiger partial charge in [-0.25, -0.2) is 0 Å². The zero-order chi connectivity index (χ0) is 48.1. The van der Waals surface area contributed by atoms with Gasteiger partial charge in [-0.3, -0.25) is 0 Å². The molecule has 66 heavy (non-hydrogen) atoms. The molecule has 0 aromatic rings. The second kappa shape index (κ2) is 16.9. The monoisotopic (exact) mass is 947 g/mol. The highest BCUT2D eigenvalue weighted by Gasteiger charge is 2.85. The van der Waals surface area contributed by atoms with Crippen LogP contribution < -0.4 is 0 Å². The molecule has 4 saturated heterocycles. The highest BCUT2D eigenvalue weighted by atomic mass is 16.8. The summed E-state index contributed by atoms with van der Waals surface area (Å²) >= 11 is 0. The van der Waals surface area contributed by atoms with E-state index < -0.39 is 140 Å². The number of hydrogen-bond acceptors (Lipinski definition) is 19. The Hall–Kier alpha value is -0.760. The first-order valence-corrected chi connectivity index (χ1v) is 24.4. The van der Waals surface area contributed by atoms with Crippen LogP contribution >= 0.6 is 0 Å². The van der Waals surface area contributed by atoms with E-state index in [-0.39, 0.29) is 46.7 Å². The molecule has 2 spiro atoms. The van der Waals surface area contributed by atoms with Crippen molar-refractivity contribution in [2.24, 2.45) is 44.8 Å². The molecule has 9 rings (SSSR count). The molecule has 0 aromatic heterocycles. The van der Waals surface area contributed by atoms with Crippen LogP contribution in [-0.2, 0) is 33.2 Å². The topological polar surface area (TPSA) is 307 Å². The largest absolute Gasteiger partial charge is 0.394 e. The lowest BCUT2D eigenvalue weighted by atomic mass is 9.41. The summed E-state index contributed by atoms with van der Waals surface area (Å²) in [4.78, 5) is 0. The van der Waals surface area contributed by atoms with Gasteiger partial charge in [0, 0.05) is 5.92 Å². The molecule has 5 saturated carbocycles. The number of ether oxygens (including phenoxy) is 7. The number of aliphatic hydroxyl groups is 12. The molecule has 0 amide bonds. The van der Waals surface area contributed by atoms with Crippen LogP contribution in [0.5, 0.6) is 0 Å². The fraction of sp³-hybridized carbons (Fsp3) is 1.00. The maximum Gasteiger partial charge on any atom is 0.187 e. The Balaban J connectivity index is 1.04. The van der Waals surface area contributed by atoms with Crippen LogP contribution in [0.25, 0.3) is 0 Å². The molecule has 19 heteroatoms. The van der Waals surface area contributed by atoms with Gasteiger partial charge in [-0.15, -0.1) is 0 Å². The van der Waals surface area contributed by atoms with E-state index >= 15 is 0 Å². The van der Waals surface area contributed by atoms with E-state index in [0.717, 1.165) is 19.3 Å². The lowest BCUT2D eigenvalue weighted by Crippen LogP contribution is -2.66. The molecule has 380 valence electrons. The summed E-state index contributed by atoms with van der Waals surface area (Å²) in [7, 11) is 0. The standard InChI is InChI=1S/C47H78O19/c1-41(2)26(64-40-35(28(52)21(51)18-60-40)65-39-34(58)32(56)30(54)24(17-49)63-39)9-11-47-19-46(47)13-12-43(5)36(45(7)10-8-27(66-45)42(3,4)59)20(50)15-44(43,6)25(46)14-22(37(41)47)61-38-33(57)31(55)29(53)23(16-48)62-38/h20-40,48-59H,8-19H2,1-7H3/t20-,21+,22-,23+,24+,25-,26-,27-,28-,29+,30+,31-,32-,33+,34+,35+,36?,37-,38+,39-,40-,43+,44-,45+,46-,47+/m0/s1. The van der Waals surface area contributed by atoms with Crippen molar-refractivity contribution < 1.29 is 94.4 Å². The van der Waals surface area contributed by atoms with E-state index in [4.69, 9.17) is 33.2 Å². The van der Waals surface area contributed by atoms with Crippen LogP contribution in [0.2, 0.25) is 0 Å². The third kappa shape index (κ3) is 7.30. The molecule has 0 aromatic carbocycles. The van der Waals surface area contributed by atoms with Gasteiger partial charge in [0.15, 0.2) is 18.9 Å². The third-order valence-electron chi connectivity index (χ3n) is 19.7. The molecule has 26 atom stereocenters. The van der Waals surface area contributed by atoms with Crippen LogP contribution in [-0.4, -0.2) is 203 Å². The van der Waals surface area contributed by atoms with Crippen LogP contribution in [0.1, 0.15) is 106 Å². The molecule has 0 bridgehead atoms. The number of hydrogen-bond donors (Lipinski definition) is 12. The molecule has 4 heterocycles. The first kappa shape index (κ1) is 50.2. The minimum absolute atomic E-state index is 0.0208. The van der Waals surface area contributed by atoms with Crippen LogP contribution in [0.3, 0.4) is 0 Å². The summed E-state index contributed by atoms with van der Waals surface area (Å²) in [6, 6.07) is 0. The van der Waals surface area contributed by atoms with E-state index in [0.29, 0.717) is 38.5 Å². The Morgan fingerprint density at radius 3 is 1.79 bits per heavy atom. The van der Waals surface area contributed by atoms with Gasteiger partial charge in [-0.05, 0) is 117 Å². The van der Waals surface area contributed by atoms with Crippen LogP contribution in [0, 0.1) is 44.8 Å². The Kier molecular flexibility index (Phi) is 12.9. The molecule has 1 unspecified atom stereocenters. The minimum Gasteiger partial charge on any atom is -0.394 e. The molecule has 5 aliphatic carbocycles. The average Bonchev–Trinajstić information content (AvgIpc) is 3.62. The van der Waals surface area contributed by atoms with Gasteiger partial charge in [0.1, 0.15) is 67.1 Å². The van der Waals surface area contributed by atoms with Crippen molar-refractivity contribution in [1.82, 2.24) is 0 Å². The summed E-state index contributed by atoms with van der Waals surface area (Å²) in [6.07, 6.45) is -17.6. The average molecular weight is 947 g/mol. The van der Waals surface area contributed by atoms with Crippen molar-refractivity contribution in [3.63, 3.8) is 0 Å². The highest BCUT2D eigenvalue weighted by Crippen LogP contribution is 2.89. The van der Waals surface area contributed by atoms with Crippen molar-refractivity contribution in [3.05, 3.63) is 0 Å². The van der Waals surface area contributed by atoms with Crippen molar-refractivity contribution in [2.45, 2.75) is 228 Å². The summed E-state index contributed by atoms with van der Waals surface area (Å²) < 4.78 is 44.3. The first-order valence-electron chi connectivity index (χ1n) is 24.4. The van der Waals surface area contributed by atoms with Crippen LogP contribution in [0.15, 0.2) is 0 Å². The fourth-order valence-corrected chi connectivity index (χ4v) is 16.3. The maximum atomic E-state index is 12.3. The van der Waals surface area contributed by atoms with E-state index in [1.54, 1.807) is 13.8 Å². The zero-order valence-corrected chi connectivity index (χ0v) is 39.3. The second-order valence-corrected chi connectivity index (χ2v) is 23.9. The lowest BCUT2D eigenvalue weighted by molar-refractivity contribution is -0.369. The summed E-state index contributed by atoms with van der Waals surface area (Å²) in [5, 5.41) is 130. The fourth-order valence-electron chi connectivity index (χ4n) is 16.3. The van der Waals surface area contributed by atoms with Gasteiger partial charge in [0.2, 0.25) is 0 Å². The Bertz CT molecular complexity index is 1760. The molecule has 19 nitrogen and oxygen atoms in total. The molecular formula is C47H78O19. The van der Waals surface area contributed by atoms with Gasteiger partial charge >= 0.3 is 0 Å². The normalized spacial score (nSPS) is 58.0. The Morgan fingerprint density at radius 1 is 0.606 bits per heavy atom. The summed E-state index contributed by atoms with van der Waals surface area (Å²) in [6.45, 7) is 12.7. The van der Waals surface area contributed by atoms with Crippen LogP contribution in [0.4, 0.5) is 0 Å². The van der Waals surface area contributed by atoms with Gasteiger partial charge in [-0.2, -0.15) is 0 Å². The van der Waals surface area contributed by atoms with Crippen molar-refractivity contribution in [3.8, 4) is 0 Å². The van der Waals surface area contributed by atoms with E-state index in [2.05, 4.69) is 34.6 Å². The Morgan fingerprint density at radius 2 is 1.21 bits per heavy atom. The van der Waals surface area contributed by atoms with Gasteiger partial charge < -0.3 is 94.4 Å². The lowest BCUT2D eigenvalue weighted by Gasteiger charge is -2.65. The molecule has 12 N–H and O–H groups in total. The molecule has 9 fully saturated rings. The Labute approximate surface area is 386 Å². The van der Waals surface area contributed by atoms with E-state index in [1.807, 2.05) is 0 Å². The maximum absolute atomic E-state index is 12.3. The number of fused-ring (bicyclic) bond motifs is 2. The zero-order valence-electron chi connectivity index (χ0n) is 39.3.